The van der Waals surface area contributed by atoms with Crippen LogP contribution in [-0.2, 0) is 4.79 Å². The molecule has 0 fully saturated rings. The van der Waals surface area contributed by atoms with Gasteiger partial charge in [0.25, 0.3) is 5.91 Å². The van der Waals surface area contributed by atoms with Gasteiger partial charge < -0.3 is 4.74 Å². The molecule has 1 amide bonds. The number of hydrogen-bond donors (Lipinski definition) is 1. The van der Waals surface area contributed by atoms with Crippen LogP contribution in [-0.4, -0.2) is 33.1 Å². The van der Waals surface area contributed by atoms with Crippen molar-refractivity contribution >= 4 is 29.3 Å². The zero-order valence-electron chi connectivity index (χ0n) is 13.5. The molecule has 0 bridgehead atoms. The van der Waals surface area contributed by atoms with E-state index >= 15 is 0 Å². The van der Waals surface area contributed by atoms with Gasteiger partial charge in [0.15, 0.2) is 6.61 Å². The van der Waals surface area contributed by atoms with E-state index in [1.807, 2.05) is 32.9 Å². The largest absolute Gasteiger partial charge is 0.484 e. The Balaban J connectivity index is 1.99. The minimum absolute atomic E-state index is 0.103. The Morgan fingerprint density at radius 2 is 1.96 bits per heavy atom. The maximum atomic E-state index is 12.1. The SMILES string of the molecule is CCSc1nnc(C)n1NC(=O)COc1cc(C)c(Cl)c(C)c1. The number of rotatable bonds is 6. The Bertz CT molecular complexity index is 694. The molecule has 2 aromatic rings. The molecular weight excluding hydrogens is 336 g/mol. The van der Waals surface area contributed by atoms with E-state index in [1.165, 1.54) is 11.8 Å². The maximum Gasteiger partial charge on any atom is 0.276 e. The van der Waals surface area contributed by atoms with Crippen LogP contribution < -0.4 is 10.2 Å². The van der Waals surface area contributed by atoms with Crippen LogP contribution in [0.5, 0.6) is 5.75 Å². The minimum atomic E-state index is -0.281. The van der Waals surface area contributed by atoms with Gasteiger partial charge in [-0.3, -0.25) is 10.2 Å². The molecule has 23 heavy (non-hydrogen) atoms. The Hall–Kier alpha value is -1.73. The Labute approximate surface area is 144 Å². The van der Waals surface area contributed by atoms with Crippen LogP contribution in [0.25, 0.3) is 0 Å². The van der Waals surface area contributed by atoms with Crippen molar-refractivity contribution in [1.29, 1.82) is 0 Å². The van der Waals surface area contributed by atoms with E-state index in [2.05, 4.69) is 15.6 Å². The van der Waals surface area contributed by atoms with Crippen molar-refractivity contribution in [3.63, 3.8) is 0 Å². The van der Waals surface area contributed by atoms with E-state index < -0.39 is 0 Å². The molecule has 1 aromatic carbocycles. The van der Waals surface area contributed by atoms with Gasteiger partial charge in [0.05, 0.1) is 0 Å². The predicted octanol–water partition coefficient (Wildman–Crippen LogP) is 3.12. The number of hydrogen-bond acceptors (Lipinski definition) is 5. The van der Waals surface area contributed by atoms with E-state index in [9.17, 15) is 4.79 Å². The molecule has 0 aliphatic carbocycles. The van der Waals surface area contributed by atoms with E-state index in [4.69, 9.17) is 16.3 Å². The van der Waals surface area contributed by atoms with Gasteiger partial charge in [0.2, 0.25) is 5.16 Å². The number of ether oxygens (including phenoxy) is 1. The van der Waals surface area contributed by atoms with Gasteiger partial charge in [-0.25, -0.2) is 4.68 Å². The number of aromatic nitrogens is 3. The average molecular weight is 355 g/mol. The lowest BCUT2D eigenvalue weighted by Gasteiger charge is -2.12. The molecule has 6 nitrogen and oxygen atoms in total. The summed E-state index contributed by atoms with van der Waals surface area (Å²) in [6, 6.07) is 3.62. The molecule has 0 aliphatic rings. The molecule has 0 radical (unpaired) electrons. The fraction of sp³-hybridized carbons (Fsp3) is 0.400. The molecule has 0 unspecified atom stereocenters. The number of nitrogens with one attached hydrogen (secondary N) is 1. The highest BCUT2D eigenvalue weighted by atomic mass is 35.5. The summed E-state index contributed by atoms with van der Waals surface area (Å²) in [4.78, 5) is 12.1. The van der Waals surface area contributed by atoms with Crippen LogP contribution in [0.1, 0.15) is 23.9 Å². The highest BCUT2D eigenvalue weighted by Crippen LogP contribution is 2.25. The zero-order valence-corrected chi connectivity index (χ0v) is 15.1. The Kier molecular flexibility index (Phi) is 5.90. The summed E-state index contributed by atoms with van der Waals surface area (Å²) in [6.07, 6.45) is 0. The van der Waals surface area contributed by atoms with E-state index in [0.29, 0.717) is 21.8 Å². The molecule has 0 spiro atoms. The summed E-state index contributed by atoms with van der Waals surface area (Å²) in [5.41, 5.74) is 4.57. The number of carbonyl (C=O) groups excluding carboxylic acids is 1. The maximum absolute atomic E-state index is 12.1. The minimum Gasteiger partial charge on any atom is -0.484 e. The van der Waals surface area contributed by atoms with Gasteiger partial charge in [-0.2, -0.15) is 0 Å². The summed E-state index contributed by atoms with van der Waals surface area (Å²) >= 11 is 7.62. The molecule has 0 aliphatic heterocycles. The first-order valence-electron chi connectivity index (χ1n) is 7.16. The standard InChI is InChI=1S/C15H19ClN4O2S/c1-5-23-15-18-17-11(4)20(15)19-13(21)8-22-12-6-9(2)14(16)10(3)7-12/h6-7H,5,8H2,1-4H3,(H,19,21). The van der Waals surface area contributed by atoms with Gasteiger partial charge in [-0.05, 0) is 49.8 Å². The van der Waals surface area contributed by atoms with Crippen molar-refractivity contribution < 1.29 is 9.53 Å². The molecule has 0 saturated heterocycles. The lowest BCUT2D eigenvalue weighted by molar-refractivity contribution is -0.119. The third-order valence-corrected chi connectivity index (χ3v) is 4.49. The molecule has 124 valence electrons. The second kappa shape index (κ2) is 7.70. The molecule has 1 N–H and O–H groups in total. The monoisotopic (exact) mass is 354 g/mol. The van der Waals surface area contributed by atoms with Gasteiger partial charge >= 0.3 is 0 Å². The van der Waals surface area contributed by atoms with Crippen LogP contribution in [0.15, 0.2) is 17.3 Å². The van der Waals surface area contributed by atoms with Gasteiger partial charge in [0.1, 0.15) is 11.6 Å². The van der Waals surface area contributed by atoms with Crippen LogP contribution in [0.4, 0.5) is 0 Å². The van der Waals surface area contributed by atoms with E-state index in [-0.39, 0.29) is 12.5 Å². The van der Waals surface area contributed by atoms with Gasteiger partial charge in [-0.15, -0.1) is 10.2 Å². The fourth-order valence-electron chi connectivity index (χ4n) is 1.99. The normalized spacial score (nSPS) is 10.7. The van der Waals surface area contributed by atoms with Crippen molar-refractivity contribution in [3.05, 3.63) is 34.1 Å². The quantitative estimate of drug-likeness (QED) is 0.807. The number of benzene rings is 1. The van der Waals surface area contributed by atoms with Crippen LogP contribution in [0.3, 0.4) is 0 Å². The van der Waals surface area contributed by atoms with Crippen molar-refractivity contribution in [2.75, 3.05) is 17.8 Å². The topological polar surface area (TPSA) is 69.0 Å². The third kappa shape index (κ3) is 4.39. The van der Waals surface area contributed by atoms with E-state index in [0.717, 1.165) is 16.9 Å². The second-order valence-corrected chi connectivity index (χ2v) is 6.60. The number of halogens is 1. The average Bonchev–Trinajstić information content (AvgIpc) is 2.84. The summed E-state index contributed by atoms with van der Waals surface area (Å²) in [5, 5.41) is 9.34. The highest BCUT2D eigenvalue weighted by Gasteiger charge is 2.12. The lowest BCUT2D eigenvalue weighted by atomic mass is 10.1. The summed E-state index contributed by atoms with van der Waals surface area (Å²) < 4.78 is 7.11. The van der Waals surface area contributed by atoms with Crippen LogP contribution >= 0.6 is 23.4 Å². The van der Waals surface area contributed by atoms with Crippen LogP contribution in [0, 0.1) is 20.8 Å². The van der Waals surface area contributed by atoms with Crippen molar-refractivity contribution in [3.8, 4) is 5.75 Å². The molecule has 2 rings (SSSR count). The first-order valence-corrected chi connectivity index (χ1v) is 8.53. The Morgan fingerprint density at radius 1 is 1.30 bits per heavy atom. The molecule has 0 atom stereocenters. The first-order chi connectivity index (χ1) is 10.9. The zero-order chi connectivity index (χ0) is 17.0. The van der Waals surface area contributed by atoms with Crippen molar-refractivity contribution in [1.82, 2.24) is 14.9 Å². The van der Waals surface area contributed by atoms with Crippen molar-refractivity contribution in [2.45, 2.75) is 32.9 Å². The lowest BCUT2D eigenvalue weighted by Crippen LogP contribution is -2.29. The predicted molar refractivity (Wildman–Crippen MR) is 91.9 cm³/mol. The van der Waals surface area contributed by atoms with E-state index in [1.54, 1.807) is 11.6 Å². The highest BCUT2D eigenvalue weighted by molar-refractivity contribution is 7.99. The number of nitrogens with zero attached hydrogens (tertiary/aromatic N) is 3. The summed E-state index contributed by atoms with van der Waals surface area (Å²) in [7, 11) is 0. The third-order valence-electron chi connectivity index (χ3n) is 3.08. The van der Waals surface area contributed by atoms with Gasteiger partial charge in [0, 0.05) is 5.02 Å². The molecule has 8 heteroatoms. The molecule has 0 saturated carbocycles. The molecular formula is C15H19ClN4O2S. The Morgan fingerprint density at radius 3 is 2.57 bits per heavy atom. The molecule has 1 aromatic heterocycles. The summed E-state index contributed by atoms with van der Waals surface area (Å²) in [6.45, 7) is 7.48. The fourth-order valence-corrected chi connectivity index (χ4v) is 2.76. The number of amides is 1. The van der Waals surface area contributed by atoms with Crippen LogP contribution in [0.2, 0.25) is 5.02 Å². The van der Waals surface area contributed by atoms with Crippen molar-refractivity contribution in [2.24, 2.45) is 0 Å². The first kappa shape index (κ1) is 17.6. The molecule has 1 heterocycles. The number of aryl methyl sites for hydroxylation is 3. The van der Waals surface area contributed by atoms with Gasteiger partial charge in [-0.1, -0.05) is 30.3 Å². The number of carbonyl (C=O) groups is 1. The second-order valence-electron chi connectivity index (χ2n) is 4.99. The summed E-state index contributed by atoms with van der Waals surface area (Å²) in [5.74, 6) is 1.79. The number of thioether (sulfide) groups is 1. The smallest absolute Gasteiger partial charge is 0.276 e.